The van der Waals surface area contributed by atoms with Crippen LogP contribution < -0.4 is 10.3 Å². The summed E-state index contributed by atoms with van der Waals surface area (Å²) in [6.07, 6.45) is 3.48. The van der Waals surface area contributed by atoms with Crippen molar-refractivity contribution in [2.75, 3.05) is 37.6 Å². The molecule has 2 aliphatic rings. The third-order valence-corrected chi connectivity index (χ3v) is 7.11. The SMILES string of the molecule is CCN1CCN(c2cc3c(cc2F)c(=O)c(C(=O)OCc2ccccc2Cl)cn3C2CC2)CC1. The molecule has 0 radical (unpaired) electrons. The van der Waals surface area contributed by atoms with Crippen LogP contribution in [-0.4, -0.2) is 48.2 Å². The highest BCUT2D eigenvalue weighted by Gasteiger charge is 2.29. The minimum absolute atomic E-state index is 0.0452. The molecule has 6 nitrogen and oxygen atoms in total. The van der Waals surface area contributed by atoms with Crippen LogP contribution in [0.25, 0.3) is 10.9 Å². The Morgan fingerprint density at radius 3 is 2.56 bits per heavy atom. The van der Waals surface area contributed by atoms with Gasteiger partial charge in [-0.2, -0.15) is 0 Å². The quantitative estimate of drug-likeness (QED) is 0.478. The van der Waals surface area contributed by atoms with Gasteiger partial charge < -0.3 is 19.1 Å². The molecule has 34 heavy (non-hydrogen) atoms. The minimum Gasteiger partial charge on any atom is -0.457 e. The van der Waals surface area contributed by atoms with E-state index in [1.165, 1.54) is 6.07 Å². The van der Waals surface area contributed by atoms with Crippen LogP contribution in [0.5, 0.6) is 0 Å². The molecule has 3 aromatic rings. The number of anilines is 1. The monoisotopic (exact) mass is 483 g/mol. The summed E-state index contributed by atoms with van der Waals surface area (Å²) in [6.45, 7) is 6.27. The molecule has 2 fully saturated rings. The van der Waals surface area contributed by atoms with Crippen LogP contribution in [0.2, 0.25) is 5.02 Å². The summed E-state index contributed by atoms with van der Waals surface area (Å²) in [6, 6.07) is 10.3. The van der Waals surface area contributed by atoms with Crippen LogP contribution in [0.3, 0.4) is 0 Å². The van der Waals surface area contributed by atoms with E-state index in [-0.39, 0.29) is 23.6 Å². The Labute approximate surface area is 202 Å². The van der Waals surface area contributed by atoms with Crippen molar-refractivity contribution in [3.8, 4) is 0 Å². The maximum Gasteiger partial charge on any atom is 0.344 e. The van der Waals surface area contributed by atoms with Gasteiger partial charge >= 0.3 is 5.97 Å². The lowest BCUT2D eigenvalue weighted by atomic mass is 10.1. The summed E-state index contributed by atoms with van der Waals surface area (Å²) in [7, 11) is 0. The lowest BCUT2D eigenvalue weighted by Crippen LogP contribution is -2.46. The standard InChI is InChI=1S/C26H27ClFN3O3/c1-2-29-9-11-30(12-10-29)24-14-23-19(13-22(24)28)25(32)20(15-31(23)18-7-8-18)26(33)34-16-17-5-3-4-6-21(17)27/h3-6,13-15,18H,2,7-12,16H2,1H3. The number of ether oxygens (including phenoxy) is 1. The van der Waals surface area contributed by atoms with E-state index in [1.54, 1.807) is 36.5 Å². The van der Waals surface area contributed by atoms with Gasteiger partial charge in [-0.05, 0) is 37.6 Å². The van der Waals surface area contributed by atoms with Crippen molar-refractivity contribution in [1.29, 1.82) is 0 Å². The molecule has 1 saturated heterocycles. The predicted octanol–water partition coefficient (Wildman–Crippen LogP) is 4.63. The predicted molar refractivity (Wildman–Crippen MR) is 131 cm³/mol. The molecule has 0 atom stereocenters. The van der Waals surface area contributed by atoms with Gasteiger partial charge in [0.1, 0.15) is 18.0 Å². The van der Waals surface area contributed by atoms with Crippen molar-refractivity contribution in [3.05, 3.63) is 74.8 Å². The number of carbonyl (C=O) groups excluding carboxylic acids is 1. The van der Waals surface area contributed by atoms with Gasteiger partial charge in [0.25, 0.3) is 0 Å². The summed E-state index contributed by atoms with van der Waals surface area (Å²) >= 11 is 6.15. The van der Waals surface area contributed by atoms with E-state index in [9.17, 15) is 9.59 Å². The largest absolute Gasteiger partial charge is 0.457 e. The zero-order valence-electron chi connectivity index (χ0n) is 19.1. The number of hydrogen-bond donors (Lipinski definition) is 0. The van der Waals surface area contributed by atoms with E-state index < -0.39 is 17.2 Å². The first-order chi connectivity index (χ1) is 16.5. The summed E-state index contributed by atoms with van der Waals surface area (Å²) in [5, 5.41) is 0.686. The molecule has 1 aliphatic heterocycles. The highest BCUT2D eigenvalue weighted by atomic mass is 35.5. The van der Waals surface area contributed by atoms with Gasteiger partial charge in [0.15, 0.2) is 0 Å². The highest BCUT2D eigenvalue weighted by Crippen LogP contribution is 2.38. The molecule has 0 N–H and O–H groups in total. The first-order valence-electron chi connectivity index (χ1n) is 11.7. The summed E-state index contributed by atoms with van der Waals surface area (Å²) < 4.78 is 22.6. The fourth-order valence-corrected chi connectivity index (χ4v) is 4.73. The molecule has 8 heteroatoms. The molecule has 0 bridgehead atoms. The molecule has 2 heterocycles. The zero-order chi connectivity index (χ0) is 23.8. The molecule has 0 spiro atoms. The van der Waals surface area contributed by atoms with Gasteiger partial charge in [-0.3, -0.25) is 4.79 Å². The van der Waals surface area contributed by atoms with Crippen LogP contribution in [0.4, 0.5) is 10.1 Å². The summed E-state index contributed by atoms with van der Waals surface area (Å²) in [5.41, 5.74) is 1.21. The Balaban J connectivity index is 1.49. The van der Waals surface area contributed by atoms with E-state index in [4.69, 9.17) is 16.3 Å². The number of esters is 1. The fraction of sp³-hybridized carbons (Fsp3) is 0.385. The average Bonchev–Trinajstić information content (AvgIpc) is 3.69. The first kappa shape index (κ1) is 22.9. The number of piperazine rings is 1. The zero-order valence-corrected chi connectivity index (χ0v) is 19.9. The molecule has 0 amide bonds. The molecular formula is C26H27ClFN3O3. The second kappa shape index (κ2) is 9.39. The van der Waals surface area contributed by atoms with Gasteiger partial charge in [0.05, 0.1) is 11.2 Å². The number of fused-ring (bicyclic) bond motifs is 1. The fourth-order valence-electron chi connectivity index (χ4n) is 4.54. The van der Waals surface area contributed by atoms with Crippen LogP contribution in [0.15, 0.2) is 47.4 Å². The van der Waals surface area contributed by atoms with Crippen molar-refractivity contribution in [2.45, 2.75) is 32.4 Å². The molecule has 2 aromatic carbocycles. The highest BCUT2D eigenvalue weighted by molar-refractivity contribution is 6.31. The Bertz CT molecular complexity index is 1300. The molecule has 5 rings (SSSR count). The third-order valence-electron chi connectivity index (χ3n) is 6.74. The van der Waals surface area contributed by atoms with Crippen molar-refractivity contribution >= 4 is 34.2 Å². The van der Waals surface area contributed by atoms with Gasteiger partial charge in [-0.1, -0.05) is 36.7 Å². The number of pyridine rings is 1. The number of rotatable bonds is 6. The summed E-state index contributed by atoms with van der Waals surface area (Å²) in [4.78, 5) is 30.5. The van der Waals surface area contributed by atoms with Crippen molar-refractivity contribution in [1.82, 2.24) is 9.47 Å². The molecule has 0 unspecified atom stereocenters. The number of hydrogen-bond acceptors (Lipinski definition) is 5. The van der Waals surface area contributed by atoms with E-state index >= 15 is 4.39 Å². The van der Waals surface area contributed by atoms with Gasteiger partial charge in [0.2, 0.25) is 5.43 Å². The Kier molecular flexibility index (Phi) is 6.32. The van der Waals surface area contributed by atoms with Crippen LogP contribution in [-0.2, 0) is 11.3 Å². The number of carbonyl (C=O) groups is 1. The van der Waals surface area contributed by atoms with Crippen molar-refractivity contribution in [3.63, 3.8) is 0 Å². The van der Waals surface area contributed by atoms with E-state index in [2.05, 4.69) is 11.8 Å². The van der Waals surface area contributed by atoms with Crippen LogP contribution in [0.1, 0.15) is 41.7 Å². The van der Waals surface area contributed by atoms with Crippen molar-refractivity contribution < 1.29 is 13.9 Å². The topological polar surface area (TPSA) is 54.8 Å². The third kappa shape index (κ3) is 4.42. The Morgan fingerprint density at radius 2 is 1.88 bits per heavy atom. The average molecular weight is 484 g/mol. The second-order valence-electron chi connectivity index (χ2n) is 8.92. The Hall–Kier alpha value is -2.90. The van der Waals surface area contributed by atoms with E-state index in [1.807, 2.05) is 9.47 Å². The lowest BCUT2D eigenvalue weighted by Gasteiger charge is -2.35. The minimum atomic E-state index is -0.735. The van der Waals surface area contributed by atoms with Gasteiger partial charge in [-0.15, -0.1) is 0 Å². The molecule has 1 saturated carbocycles. The first-order valence-corrected chi connectivity index (χ1v) is 12.1. The second-order valence-corrected chi connectivity index (χ2v) is 9.33. The van der Waals surface area contributed by atoms with Gasteiger partial charge in [0, 0.05) is 54.4 Å². The normalized spacial score (nSPS) is 16.7. The van der Waals surface area contributed by atoms with Gasteiger partial charge in [-0.25, -0.2) is 9.18 Å². The summed E-state index contributed by atoms with van der Waals surface area (Å²) in [5.74, 6) is -1.18. The lowest BCUT2D eigenvalue weighted by molar-refractivity contribution is 0.0470. The maximum absolute atomic E-state index is 15.2. The number of nitrogens with zero attached hydrogens (tertiary/aromatic N) is 3. The van der Waals surface area contributed by atoms with Crippen molar-refractivity contribution in [2.24, 2.45) is 0 Å². The maximum atomic E-state index is 15.2. The molecule has 178 valence electrons. The Morgan fingerprint density at radius 1 is 1.15 bits per heavy atom. The van der Waals surface area contributed by atoms with E-state index in [0.29, 0.717) is 21.8 Å². The smallest absolute Gasteiger partial charge is 0.344 e. The molecule has 1 aromatic heterocycles. The molecule has 1 aliphatic carbocycles. The number of benzene rings is 2. The number of aromatic nitrogens is 1. The van der Waals surface area contributed by atoms with E-state index in [0.717, 1.165) is 45.6 Å². The number of likely N-dealkylation sites (N-methyl/N-ethyl adjacent to an activating group) is 1. The molecular weight excluding hydrogens is 457 g/mol. The van der Waals surface area contributed by atoms with Crippen LogP contribution >= 0.6 is 11.6 Å². The number of halogens is 2. The van der Waals surface area contributed by atoms with Crippen LogP contribution in [0, 0.1) is 5.82 Å².